The summed E-state index contributed by atoms with van der Waals surface area (Å²) in [5.74, 6) is 5.22. The van der Waals surface area contributed by atoms with Crippen molar-refractivity contribution in [3.63, 3.8) is 0 Å². The van der Waals surface area contributed by atoms with E-state index in [1.807, 2.05) is 17.5 Å². The van der Waals surface area contributed by atoms with Gasteiger partial charge in [0.05, 0.1) is 12.0 Å². The minimum Gasteiger partial charge on any atom is -0.466 e. The van der Waals surface area contributed by atoms with Gasteiger partial charge in [-0.15, -0.1) is 11.3 Å². The lowest BCUT2D eigenvalue weighted by Crippen LogP contribution is -1.92. The van der Waals surface area contributed by atoms with Crippen molar-refractivity contribution in [3.8, 4) is 11.8 Å². The van der Waals surface area contributed by atoms with E-state index in [1.54, 1.807) is 11.3 Å². The first-order valence-electron chi connectivity index (χ1n) is 3.62. The predicted octanol–water partition coefficient (Wildman–Crippen LogP) is 1.83. The van der Waals surface area contributed by atoms with Gasteiger partial charge in [0, 0.05) is 6.08 Å². The van der Waals surface area contributed by atoms with Crippen LogP contribution in [0.25, 0.3) is 0 Å². The zero-order chi connectivity index (χ0) is 9.52. The van der Waals surface area contributed by atoms with Gasteiger partial charge in [-0.1, -0.05) is 17.9 Å². The van der Waals surface area contributed by atoms with E-state index in [0.29, 0.717) is 0 Å². The van der Waals surface area contributed by atoms with Crippen molar-refractivity contribution in [1.29, 1.82) is 0 Å². The lowest BCUT2D eigenvalue weighted by Gasteiger charge is -1.84. The molecule has 0 aliphatic carbocycles. The number of hydrogen-bond donors (Lipinski definition) is 0. The summed E-state index contributed by atoms with van der Waals surface area (Å²) in [7, 11) is 1.33. The molecule has 0 unspecified atom stereocenters. The third kappa shape index (κ3) is 3.59. The van der Waals surface area contributed by atoms with Crippen LogP contribution in [-0.2, 0) is 9.53 Å². The summed E-state index contributed by atoms with van der Waals surface area (Å²) in [5.41, 5.74) is 0. The maximum Gasteiger partial charge on any atom is 0.331 e. The van der Waals surface area contributed by atoms with Crippen LogP contribution in [-0.4, -0.2) is 13.1 Å². The monoisotopic (exact) mass is 192 g/mol. The van der Waals surface area contributed by atoms with E-state index in [0.717, 1.165) is 4.88 Å². The first-order valence-corrected chi connectivity index (χ1v) is 4.50. The molecule has 0 N–H and O–H groups in total. The van der Waals surface area contributed by atoms with Gasteiger partial charge in [-0.3, -0.25) is 0 Å². The van der Waals surface area contributed by atoms with Crippen LogP contribution in [0.4, 0.5) is 0 Å². The SMILES string of the molecule is COC(=O)C=CC#Cc1cccs1. The quantitative estimate of drug-likeness (QED) is 0.385. The third-order valence-electron chi connectivity index (χ3n) is 1.22. The summed E-state index contributed by atoms with van der Waals surface area (Å²) in [6, 6.07) is 3.85. The first kappa shape index (κ1) is 9.56. The van der Waals surface area contributed by atoms with Gasteiger partial charge in [0.1, 0.15) is 0 Å². The highest BCUT2D eigenvalue weighted by molar-refractivity contribution is 7.10. The Morgan fingerprint density at radius 2 is 2.54 bits per heavy atom. The molecule has 0 spiro atoms. The van der Waals surface area contributed by atoms with E-state index in [9.17, 15) is 4.79 Å². The molecule has 0 bridgehead atoms. The highest BCUT2D eigenvalue weighted by Crippen LogP contribution is 2.05. The summed E-state index contributed by atoms with van der Waals surface area (Å²) in [5, 5.41) is 1.95. The van der Waals surface area contributed by atoms with E-state index in [-0.39, 0.29) is 5.97 Å². The van der Waals surface area contributed by atoms with Gasteiger partial charge in [-0.25, -0.2) is 4.79 Å². The first-order chi connectivity index (χ1) is 6.33. The zero-order valence-corrected chi connectivity index (χ0v) is 7.93. The average molecular weight is 192 g/mol. The van der Waals surface area contributed by atoms with Crippen LogP contribution < -0.4 is 0 Å². The molecule has 0 aromatic carbocycles. The third-order valence-corrected chi connectivity index (χ3v) is 2.01. The molecular weight excluding hydrogens is 184 g/mol. The zero-order valence-electron chi connectivity index (χ0n) is 7.11. The van der Waals surface area contributed by atoms with Crippen molar-refractivity contribution in [2.24, 2.45) is 0 Å². The summed E-state index contributed by atoms with van der Waals surface area (Å²) in [6.07, 6.45) is 2.77. The maximum atomic E-state index is 10.6. The standard InChI is InChI=1S/C10H8O2S/c1-12-10(11)7-3-2-5-9-6-4-8-13-9/h3-4,6-8H,1H3. The Labute approximate surface area is 80.8 Å². The van der Waals surface area contributed by atoms with E-state index in [2.05, 4.69) is 16.6 Å². The fourth-order valence-corrected chi connectivity index (χ4v) is 1.22. The lowest BCUT2D eigenvalue weighted by atomic mass is 10.4. The van der Waals surface area contributed by atoms with Crippen molar-refractivity contribution in [2.45, 2.75) is 0 Å². The van der Waals surface area contributed by atoms with Crippen LogP contribution in [0.5, 0.6) is 0 Å². The van der Waals surface area contributed by atoms with Crippen LogP contribution in [0.15, 0.2) is 29.7 Å². The van der Waals surface area contributed by atoms with Crippen LogP contribution in [0, 0.1) is 11.8 Å². The summed E-state index contributed by atoms with van der Waals surface area (Å²) >= 11 is 1.56. The Morgan fingerprint density at radius 3 is 3.15 bits per heavy atom. The van der Waals surface area contributed by atoms with E-state index >= 15 is 0 Å². The number of ether oxygens (including phenoxy) is 1. The number of methoxy groups -OCH3 is 1. The number of rotatable bonds is 1. The maximum absolute atomic E-state index is 10.6. The van der Waals surface area contributed by atoms with E-state index < -0.39 is 0 Å². The fraction of sp³-hybridized carbons (Fsp3) is 0.100. The molecule has 0 saturated carbocycles. The predicted molar refractivity (Wildman–Crippen MR) is 52.4 cm³/mol. The topological polar surface area (TPSA) is 26.3 Å². The second-order valence-electron chi connectivity index (χ2n) is 2.10. The van der Waals surface area contributed by atoms with Crippen molar-refractivity contribution >= 4 is 17.3 Å². The minimum atomic E-state index is -0.388. The molecule has 0 aliphatic heterocycles. The molecule has 0 radical (unpaired) electrons. The fourth-order valence-electron chi connectivity index (χ4n) is 0.640. The Balaban J connectivity index is 2.50. The van der Waals surface area contributed by atoms with E-state index in [1.165, 1.54) is 19.3 Å². The molecule has 0 atom stereocenters. The number of carbonyl (C=O) groups is 1. The van der Waals surface area contributed by atoms with Gasteiger partial charge < -0.3 is 4.74 Å². The average Bonchev–Trinajstić information content (AvgIpc) is 2.64. The highest BCUT2D eigenvalue weighted by Gasteiger charge is 1.86. The van der Waals surface area contributed by atoms with Crippen LogP contribution in [0.1, 0.15) is 4.88 Å². The second kappa shape index (κ2) is 5.18. The Kier molecular flexibility index (Phi) is 3.80. The van der Waals surface area contributed by atoms with Gasteiger partial charge in [0.15, 0.2) is 0 Å². The summed E-state index contributed by atoms with van der Waals surface area (Å²) in [6.45, 7) is 0. The normalized spacial score (nSPS) is 9.31. The molecule has 66 valence electrons. The molecule has 1 aromatic rings. The second-order valence-corrected chi connectivity index (χ2v) is 3.05. The Bertz CT molecular complexity index is 352. The molecule has 3 heteroatoms. The van der Waals surface area contributed by atoms with Gasteiger partial charge in [-0.2, -0.15) is 0 Å². The molecule has 1 rings (SSSR count). The van der Waals surface area contributed by atoms with Gasteiger partial charge in [-0.05, 0) is 17.5 Å². The van der Waals surface area contributed by atoms with Gasteiger partial charge in [0.25, 0.3) is 0 Å². The molecule has 1 aromatic heterocycles. The summed E-state index contributed by atoms with van der Waals surface area (Å²) in [4.78, 5) is 11.6. The lowest BCUT2D eigenvalue weighted by molar-refractivity contribution is -0.134. The molecule has 0 saturated heterocycles. The van der Waals surface area contributed by atoms with Crippen LogP contribution in [0.2, 0.25) is 0 Å². The smallest absolute Gasteiger partial charge is 0.331 e. The van der Waals surface area contributed by atoms with Crippen molar-refractivity contribution in [3.05, 3.63) is 34.5 Å². The van der Waals surface area contributed by atoms with Crippen molar-refractivity contribution < 1.29 is 9.53 Å². The minimum absolute atomic E-state index is 0.388. The number of esters is 1. The largest absolute Gasteiger partial charge is 0.466 e. The van der Waals surface area contributed by atoms with Crippen molar-refractivity contribution in [2.75, 3.05) is 7.11 Å². The van der Waals surface area contributed by atoms with E-state index in [4.69, 9.17) is 0 Å². The Hall–Kier alpha value is -1.53. The van der Waals surface area contributed by atoms with Gasteiger partial charge in [0.2, 0.25) is 0 Å². The van der Waals surface area contributed by atoms with Gasteiger partial charge >= 0.3 is 5.97 Å². The number of carbonyl (C=O) groups excluding carboxylic acids is 1. The molecular formula is C10H8O2S. The number of allylic oxidation sites excluding steroid dienone is 1. The van der Waals surface area contributed by atoms with Crippen LogP contribution >= 0.6 is 11.3 Å². The molecule has 0 fully saturated rings. The van der Waals surface area contributed by atoms with Crippen LogP contribution in [0.3, 0.4) is 0 Å². The molecule has 0 aliphatic rings. The Morgan fingerprint density at radius 1 is 1.69 bits per heavy atom. The number of hydrogen-bond acceptors (Lipinski definition) is 3. The molecule has 13 heavy (non-hydrogen) atoms. The molecule has 0 amide bonds. The molecule has 2 nitrogen and oxygen atoms in total. The highest BCUT2D eigenvalue weighted by atomic mass is 32.1. The summed E-state index contributed by atoms with van der Waals surface area (Å²) < 4.78 is 4.40. The molecule has 1 heterocycles. The van der Waals surface area contributed by atoms with Crippen molar-refractivity contribution in [1.82, 2.24) is 0 Å². The number of thiophene rings is 1.